The fraction of sp³-hybridized carbons (Fsp3) is 0.375. The van der Waals surface area contributed by atoms with Crippen molar-refractivity contribution in [2.75, 3.05) is 17.2 Å². The van der Waals surface area contributed by atoms with E-state index in [0.29, 0.717) is 11.4 Å². The molecule has 0 saturated heterocycles. The lowest BCUT2D eigenvalue weighted by Crippen LogP contribution is -2.09. The standard InChI is InChI=1S/C16H21FN4/c1-5-8-18-15-11(3)16(20-12(4)19-15)21-13-6-7-14(17)10(2)9-13/h6-7,9H,5,8H2,1-4H3,(H2,18,19,20,21). The zero-order chi connectivity index (χ0) is 15.4. The molecule has 0 aliphatic rings. The summed E-state index contributed by atoms with van der Waals surface area (Å²) in [5.74, 6) is 2.07. The van der Waals surface area contributed by atoms with Crippen molar-refractivity contribution in [3.63, 3.8) is 0 Å². The molecule has 0 fully saturated rings. The smallest absolute Gasteiger partial charge is 0.139 e. The predicted octanol–water partition coefficient (Wildman–Crippen LogP) is 4.11. The highest BCUT2D eigenvalue weighted by atomic mass is 19.1. The minimum atomic E-state index is -0.207. The first kappa shape index (κ1) is 15.2. The van der Waals surface area contributed by atoms with Gasteiger partial charge in [0.1, 0.15) is 23.3 Å². The van der Waals surface area contributed by atoms with Crippen molar-refractivity contribution in [1.29, 1.82) is 0 Å². The van der Waals surface area contributed by atoms with Gasteiger partial charge in [-0.1, -0.05) is 6.92 Å². The first-order chi connectivity index (χ1) is 10.0. The Bertz CT molecular complexity index is 640. The Balaban J connectivity index is 2.30. The van der Waals surface area contributed by atoms with E-state index in [4.69, 9.17) is 0 Å². The van der Waals surface area contributed by atoms with Crippen molar-refractivity contribution in [1.82, 2.24) is 9.97 Å². The number of anilines is 3. The molecule has 1 aromatic heterocycles. The molecule has 0 amide bonds. The summed E-state index contributed by atoms with van der Waals surface area (Å²) < 4.78 is 13.3. The second kappa shape index (κ2) is 6.52. The van der Waals surface area contributed by atoms with E-state index in [9.17, 15) is 4.39 Å². The maximum atomic E-state index is 13.3. The van der Waals surface area contributed by atoms with Crippen LogP contribution in [0.15, 0.2) is 18.2 Å². The Hall–Kier alpha value is -2.17. The molecule has 2 N–H and O–H groups in total. The SMILES string of the molecule is CCCNc1nc(C)nc(Nc2ccc(F)c(C)c2)c1C. The van der Waals surface area contributed by atoms with E-state index in [2.05, 4.69) is 27.5 Å². The van der Waals surface area contributed by atoms with Crippen LogP contribution in [0.1, 0.15) is 30.3 Å². The van der Waals surface area contributed by atoms with E-state index in [1.54, 1.807) is 19.1 Å². The van der Waals surface area contributed by atoms with Crippen LogP contribution in [0.5, 0.6) is 0 Å². The zero-order valence-electron chi connectivity index (χ0n) is 12.9. The lowest BCUT2D eigenvalue weighted by Gasteiger charge is -2.14. The van der Waals surface area contributed by atoms with Gasteiger partial charge in [-0.25, -0.2) is 14.4 Å². The molecule has 2 aromatic rings. The van der Waals surface area contributed by atoms with E-state index in [-0.39, 0.29) is 5.82 Å². The molecule has 0 saturated carbocycles. The van der Waals surface area contributed by atoms with Crippen molar-refractivity contribution >= 4 is 17.3 Å². The number of hydrogen-bond donors (Lipinski definition) is 2. The molecule has 4 nitrogen and oxygen atoms in total. The summed E-state index contributed by atoms with van der Waals surface area (Å²) in [6, 6.07) is 4.93. The lowest BCUT2D eigenvalue weighted by molar-refractivity contribution is 0.619. The summed E-state index contributed by atoms with van der Waals surface area (Å²) in [6.07, 6.45) is 1.03. The molecule has 112 valence electrons. The van der Waals surface area contributed by atoms with E-state index in [0.717, 1.165) is 35.9 Å². The highest BCUT2D eigenvalue weighted by Gasteiger charge is 2.09. The zero-order valence-corrected chi connectivity index (χ0v) is 12.9. The molecule has 0 radical (unpaired) electrons. The molecule has 0 aliphatic carbocycles. The van der Waals surface area contributed by atoms with Crippen LogP contribution in [0.3, 0.4) is 0 Å². The van der Waals surface area contributed by atoms with Crippen LogP contribution in [0.25, 0.3) is 0 Å². The Morgan fingerprint density at radius 3 is 2.48 bits per heavy atom. The molecule has 0 spiro atoms. The topological polar surface area (TPSA) is 49.8 Å². The molecule has 1 aromatic carbocycles. The van der Waals surface area contributed by atoms with Gasteiger partial charge in [0.05, 0.1) is 0 Å². The third kappa shape index (κ3) is 3.68. The summed E-state index contributed by atoms with van der Waals surface area (Å²) in [6.45, 7) is 8.55. The summed E-state index contributed by atoms with van der Waals surface area (Å²) in [5, 5.41) is 6.54. The van der Waals surface area contributed by atoms with E-state index >= 15 is 0 Å². The molecule has 1 heterocycles. The van der Waals surface area contributed by atoms with Crippen LogP contribution >= 0.6 is 0 Å². The summed E-state index contributed by atoms with van der Waals surface area (Å²) in [4.78, 5) is 8.85. The van der Waals surface area contributed by atoms with Crippen molar-refractivity contribution in [2.45, 2.75) is 34.1 Å². The highest BCUT2D eigenvalue weighted by Crippen LogP contribution is 2.24. The molecular weight excluding hydrogens is 267 g/mol. The predicted molar refractivity (Wildman–Crippen MR) is 84.7 cm³/mol. The largest absolute Gasteiger partial charge is 0.370 e. The lowest BCUT2D eigenvalue weighted by atomic mass is 10.2. The monoisotopic (exact) mass is 288 g/mol. The molecule has 0 aliphatic heterocycles. The van der Waals surface area contributed by atoms with E-state index < -0.39 is 0 Å². The van der Waals surface area contributed by atoms with Crippen LogP contribution in [-0.2, 0) is 0 Å². The number of hydrogen-bond acceptors (Lipinski definition) is 4. The van der Waals surface area contributed by atoms with Crippen LogP contribution < -0.4 is 10.6 Å². The number of nitrogens with one attached hydrogen (secondary N) is 2. The van der Waals surface area contributed by atoms with Gasteiger partial charge >= 0.3 is 0 Å². The Kier molecular flexibility index (Phi) is 4.73. The average Bonchev–Trinajstić information content (AvgIpc) is 2.45. The quantitative estimate of drug-likeness (QED) is 0.869. The van der Waals surface area contributed by atoms with Gasteiger partial charge in [-0.3, -0.25) is 0 Å². The highest BCUT2D eigenvalue weighted by molar-refractivity contribution is 5.65. The normalized spacial score (nSPS) is 10.5. The van der Waals surface area contributed by atoms with Crippen molar-refractivity contribution in [3.05, 3.63) is 41.0 Å². The van der Waals surface area contributed by atoms with Gasteiger partial charge in [0.2, 0.25) is 0 Å². The summed E-state index contributed by atoms with van der Waals surface area (Å²) in [7, 11) is 0. The molecule has 0 bridgehead atoms. The summed E-state index contributed by atoms with van der Waals surface area (Å²) in [5.41, 5.74) is 2.38. The first-order valence-corrected chi connectivity index (χ1v) is 7.13. The maximum Gasteiger partial charge on any atom is 0.139 e. The third-order valence-electron chi connectivity index (χ3n) is 3.22. The van der Waals surface area contributed by atoms with Gasteiger partial charge in [-0.15, -0.1) is 0 Å². The Morgan fingerprint density at radius 2 is 1.81 bits per heavy atom. The van der Waals surface area contributed by atoms with Crippen molar-refractivity contribution in [3.8, 4) is 0 Å². The molecule has 21 heavy (non-hydrogen) atoms. The number of nitrogens with zero attached hydrogens (tertiary/aromatic N) is 2. The number of rotatable bonds is 5. The fourth-order valence-electron chi connectivity index (χ4n) is 2.02. The Labute approximate surface area is 124 Å². The average molecular weight is 288 g/mol. The minimum absolute atomic E-state index is 0.207. The number of aryl methyl sites for hydroxylation is 2. The van der Waals surface area contributed by atoms with Crippen molar-refractivity contribution < 1.29 is 4.39 Å². The second-order valence-electron chi connectivity index (χ2n) is 5.11. The van der Waals surface area contributed by atoms with Gasteiger partial charge < -0.3 is 10.6 Å². The molecule has 0 atom stereocenters. The van der Waals surface area contributed by atoms with Crippen LogP contribution in [0, 0.1) is 26.6 Å². The van der Waals surface area contributed by atoms with Gasteiger partial charge in [0.25, 0.3) is 0 Å². The fourth-order valence-corrected chi connectivity index (χ4v) is 2.02. The van der Waals surface area contributed by atoms with Crippen LogP contribution in [0.2, 0.25) is 0 Å². The van der Waals surface area contributed by atoms with Crippen molar-refractivity contribution in [2.24, 2.45) is 0 Å². The third-order valence-corrected chi connectivity index (χ3v) is 3.22. The Morgan fingerprint density at radius 1 is 1.10 bits per heavy atom. The van der Waals surface area contributed by atoms with E-state index in [1.807, 2.05) is 13.8 Å². The molecular formula is C16H21FN4. The minimum Gasteiger partial charge on any atom is -0.370 e. The van der Waals surface area contributed by atoms with Gasteiger partial charge in [-0.05, 0) is 51.0 Å². The summed E-state index contributed by atoms with van der Waals surface area (Å²) >= 11 is 0. The number of aromatic nitrogens is 2. The number of benzene rings is 1. The first-order valence-electron chi connectivity index (χ1n) is 7.13. The molecule has 2 rings (SSSR count). The second-order valence-corrected chi connectivity index (χ2v) is 5.11. The van der Waals surface area contributed by atoms with Crippen LogP contribution in [0.4, 0.5) is 21.7 Å². The van der Waals surface area contributed by atoms with Gasteiger partial charge in [0, 0.05) is 17.8 Å². The molecule has 0 unspecified atom stereocenters. The maximum absolute atomic E-state index is 13.3. The van der Waals surface area contributed by atoms with Crippen LogP contribution in [-0.4, -0.2) is 16.5 Å². The van der Waals surface area contributed by atoms with E-state index in [1.165, 1.54) is 6.07 Å². The van der Waals surface area contributed by atoms with Gasteiger partial charge in [0.15, 0.2) is 0 Å². The van der Waals surface area contributed by atoms with Gasteiger partial charge in [-0.2, -0.15) is 0 Å². The molecule has 5 heteroatoms. The number of halogens is 1.